The molecular formula is C3H7O4P. The van der Waals surface area contributed by atoms with Crippen molar-refractivity contribution in [2.75, 3.05) is 14.2 Å². The Kier molecular flexibility index (Phi) is 5.11. The molecule has 0 radical (unpaired) electrons. The minimum Gasteiger partial charge on any atom is -0.333 e. The topological polar surface area (TPSA) is 44.8 Å². The molecule has 0 aromatic carbocycles. The fourth-order valence-corrected chi connectivity index (χ4v) is 0.460. The molecule has 5 heteroatoms. The third kappa shape index (κ3) is 3.04. The first kappa shape index (κ1) is 7.98. The van der Waals surface area contributed by atoms with E-state index in [1.807, 2.05) is 0 Å². The largest absolute Gasteiger partial charge is 0.333 e. The predicted octanol–water partition coefficient (Wildman–Crippen LogP) is 0.786. The Bertz CT molecular complexity index is 62.3. The van der Waals surface area contributed by atoms with Gasteiger partial charge in [-0.1, -0.05) is 0 Å². The summed E-state index contributed by atoms with van der Waals surface area (Å²) in [7, 11) is 2.33. The molecule has 0 saturated heterocycles. The van der Waals surface area contributed by atoms with Crippen molar-refractivity contribution >= 4 is 8.69 Å². The Hall–Kier alpha value is -0.0200. The summed E-state index contributed by atoms with van der Waals surface area (Å²) in [6.45, 7) is -0.825. The average molecular weight is 138 g/mol. The quantitative estimate of drug-likeness (QED) is 0.425. The van der Waals surface area contributed by atoms with Gasteiger partial charge in [0.15, 0.2) is 0 Å². The minimum absolute atomic E-state index is 0.445. The van der Waals surface area contributed by atoms with E-state index in [0.717, 1.165) is 0 Å². The average Bonchev–Trinajstić information content (AvgIpc) is 1.83. The van der Waals surface area contributed by atoms with Crippen molar-refractivity contribution in [3.63, 3.8) is 0 Å². The molecule has 0 amide bonds. The minimum atomic E-state index is -0.825. The van der Waals surface area contributed by atoms with Gasteiger partial charge in [-0.15, -0.1) is 0 Å². The molecule has 0 spiro atoms. The molecule has 0 fully saturated rings. The number of hydrogen-bond donors (Lipinski definition) is 0. The van der Waals surface area contributed by atoms with Gasteiger partial charge in [0.05, 0.1) is 0 Å². The van der Waals surface area contributed by atoms with Gasteiger partial charge in [-0.2, -0.15) is 0 Å². The lowest BCUT2D eigenvalue weighted by Crippen LogP contribution is -2.11. The van der Waals surface area contributed by atoms with Gasteiger partial charge in [0.2, 0.25) is 0 Å². The molecule has 0 unspecified atom stereocenters. The van der Waals surface area contributed by atoms with Crippen LogP contribution in [0.15, 0.2) is 0 Å². The predicted molar refractivity (Wildman–Crippen MR) is 26.5 cm³/mol. The molecule has 0 heterocycles. The highest BCUT2D eigenvalue weighted by atomic mass is 31.1. The molecule has 0 saturated carbocycles. The van der Waals surface area contributed by atoms with Crippen LogP contribution < -0.4 is 0 Å². The summed E-state index contributed by atoms with van der Waals surface area (Å²) < 4.78 is 22.9. The van der Waals surface area contributed by atoms with Gasteiger partial charge in [0.25, 0.3) is 6.48 Å². The maximum Gasteiger partial charge on any atom is 0.331 e. The van der Waals surface area contributed by atoms with E-state index in [9.17, 15) is 4.57 Å². The maximum absolute atomic E-state index is 9.65. The Morgan fingerprint density at radius 3 is 2.00 bits per heavy atom. The lowest BCUT2D eigenvalue weighted by Gasteiger charge is -2.06. The zero-order valence-corrected chi connectivity index (χ0v) is 5.55. The van der Waals surface area contributed by atoms with Crippen molar-refractivity contribution in [1.82, 2.24) is 0 Å². The summed E-state index contributed by atoms with van der Waals surface area (Å²) in [5.41, 5.74) is 0. The normalized spacial score (nSPS) is 10.9. The Labute approximate surface area is 49.0 Å². The maximum atomic E-state index is 9.65. The first-order valence-electron chi connectivity index (χ1n) is 1.89. The highest BCUT2D eigenvalue weighted by Crippen LogP contribution is 2.02. The van der Waals surface area contributed by atoms with Crippen LogP contribution in [0.5, 0.6) is 0 Å². The summed E-state index contributed by atoms with van der Waals surface area (Å²) in [4.78, 5) is 0. The molecule has 0 N–H and O–H groups in total. The second kappa shape index (κ2) is 5.12. The molecule has 4 nitrogen and oxygen atoms in total. The van der Waals surface area contributed by atoms with E-state index < -0.39 is 15.2 Å². The van der Waals surface area contributed by atoms with Crippen LogP contribution in [0.25, 0.3) is 0 Å². The lowest BCUT2D eigenvalue weighted by atomic mass is 11.2. The zero-order chi connectivity index (χ0) is 6.41. The molecule has 0 aliphatic carbocycles. The van der Waals surface area contributed by atoms with Gasteiger partial charge in [-0.3, -0.25) is 0 Å². The van der Waals surface area contributed by atoms with Crippen molar-refractivity contribution in [3.8, 4) is 0 Å². The van der Waals surface area contributed by atoms with E-state index in [-0.39, 0.29) is 0 Å². The van der Waals surface area contributed by atoms with E-state index in [1.165, 1.54) is 14.2 Å². The molecule has 0 aromatic rings. The summed E-state index contributed by atoms with van der Waals surface area (Å²) in [6.07, 6.45) is 0. The standard InChI is InChI=1S/C3H7O4P/c1-5-3(6-2)7-8-4/h3H,1-2H3. The van der Waals surface area contributed by atoms with Crippen LogP contribution in [0.3, 0.4) is 0 Å². The van der Waals surface area contributed by atoms with E-state index >= 15 is 0 Å². The van der Waals surface area contributed by atoms with Crippen LogP contribution in [0.4, 0.5) is 0 Å². The first-order valence-corrected chi connectivity index (χ1v) is 2.62. The summed E-state index contributed by atoms with van der Waals surface area (Å²) in [5.74, 6) is 0. The van der Waals surface area contributed by atoms with Gasteiger partial charge in [-0.05, 0) is 0 Å². The van der Waals surface area contributed by atoms with Gasteiger partial charge in [0, 0.05) is 14.2 Å². The lowest BCUT2D eigenvalue weighted by molar-refractivity contribution is -0.214. The van der Waals surface area contributed by atoms with Crippen LogP contribution in [-0.2, 0) is 18.6 Å². The van der Waals surface area contributed by atoms with Gasteiger partial charge in [0.1, 0.15) is 0 Å². The molecular weight excluding hydrogens is 131 g/mol. The molecule has 48 valence electrons. The molecule has 0 aromatic heterocycles. The van der Waals surface area contributed by atoms with Crippen molar-refractivity contribution < 1.29 is 18.6 Å². The number of methoxy groups -OCH3 is 2. The van der Waals surface area contributed by atoms with Crippen molar-refractivity contribution in [1.29, 1.82) is 0 Å². The van der Waals surface area contributed by atoms with Crippen molar-refractivity contribution in [2.24, 2.45) is 0 Å². The molecule has 0 bridgehead atoms. The highest BCUT2D eigenvalue weighted by Gasteiger charge is 2.01. The molecule has 8 heavy (non-hydrogen) atoms. The van der Waals surface area contributed by atoms with Crippen LogP contribution in [0.2, 0.25) is 0 Å². The van der Waals surface area contributed by atoms with Crippen LogP contribution in [0, 0.1) is 0 Å². The number of rotatable bonds is 4. The van der Waals surface area contributed by atoms with E-state index in [4.69, 9.17) is 0 Å². The van der Waals surface area contributed by atoms with Crippen LogP contribution >= 0.6 is 8.69 Å². The van der Waals surface area contributed by atoms with Crippen molar-refractivity contribution in [2.45, 2.75) is 6.48 Å². The highest BCUT2D eigenvalue weighted by molar-refractivity contribution is 7.17. The van der Waals surface area contributed by atoms with E-state index in [2.05, 4.69) is 14.0 Å². The second-order valence-electron chi connectivity index (χ2n) is 0.940. The number of hydrogen-bond acceptors (Lipinski definition) is 4. The summed E-state index contributed by atoms with van der Waals surface area (Å²) >= 11 is 0. The summed E-state index contributed by atoms with van der Waals surface area (Å²) in [6, 6.07) is 0. The van der Waals surface area contributed by atoms with E-state index in [0.29, 0.717) is 0 Å². The second-order valence-corrected chi connectivity index (χ2v) is 1.30. The van der Waals surface area contributed by atoms with Gasteiger partial charge >= 0.3 is 8.69 Å². The SMILES string of the molecule is COC(OC)OP=O. The Balaban J connectivity index is 3.20. The van der Waals surface area contributed by atoms with E-state index in [1.54, 1.807) is 0 Å². The molecule has 0 rings (SSSR count). The molecule has 0 aliphatic heterocycles. The third-order valence-corrected chi connectivity index (χ3v) is 0.772. The smallest absolute Gasteiger partial charge is 0.331 e. The first-order chi connectivity index (χ1) is 3.85. The fourth-order valence-electron chi connectivity index (χ4n) is 0.217. The van der Waals surface area contributed by atoms with Gasteiger partial charge in [-0.25, -0.2) is 9.09 Å². The zero-order valence-electron chi connectivity index (χ0n) is 4.66. The van der Waals surface area contributed by atoms with Crippen LogP contribution in [-0.4, -0.2) is 20.7 Å². The Morgan fingerprint density at radius 1 is 1.38 bits per heavy atom. The van der Waals surface area contributed by atoms with Crippen LogP contribution in [0.1, 0.15) is 0 Å². The van der Waals surface area contributed by atoms with Crippen molar-refractivity contribution in [3.05, 3.63) is 0 Å². The monoisotopic (exact) mass is 138 g/mol. The summed E-state index contributed by atoms with van der Waals surface area (Å²) in [5, 5.41) is 0. The molecule has 0 atom stereocenters. The fraction of sp³-hybridized carbons (Fsp3) is 1.00. The number of ether oxygens (including phenoxy) is 2. The van der Waals surface area contributed by atoms with Gasteiger partial charge < -0.3 is 9.47 Å². The molecule has 0 aliphatic rings. The Morgan fingerprint density at radius 2 is 1.88 bits per heavy atom. The third-order valence-electron chi connectivity index (χ3n) is 0.514.